The van der Waals surface area contributed by atoms with E-state index in [4.69, 9.17) is 9.47 Å². The fourth-order valence-corrected chi connectivity index (χ4v) is 4.04. The molecule has 2 nitrogen and oxygen atoms in total. The van der Waals surface area contributed by atoms with Crippen LogP contribution < -0.4 is 0 Å². The highest BCUT2D eigenvalue weighted by Gasteiger charge is 2.81. The van der Waals surface area contributed by atoms with Crippen molar-refractivity contribution in [1.82, 2.24) is 0 Å². The summed E-state index contributed by atoms with van der Waals surface area (Å²) in [7, 11) is 0. The van der Waals surface area contributed by atoms with Crippen molar-refractivity contribution in [3.05, 3.63) is 0 Å². The van der Waals surface area contributed by atoms with Crippen molar-refractivity contribution in [1.29, 1.82) is 0 Å². The van der Waals surface area contributed by atoms with E-state index in [0.29, 0.717) is 19.4 Å². The number of alkyl halides is 9. The van der Waals surface area contributed by atoms with Crippen LogP contribution in [0.4, 0.5) is 39.5 Å². The van der Waals surface area contributed by atoms with Gasteiger partial charge in [0.2, 0.25) is 0 Å². The van der Waals surface area contributed by atoms with Gasteiger partial charge in [-0.05, 0) is 32.1 Å². The van der Waals surface area contributed by atoms with E-state index in [0.717, 1.165) is 77.4 Å². The molecule has 0 amide bonds. The van der Waals surface area contributed by atoms with Gasteiger partial charge in [0.25, 0.3) is 0 Å². The van der Waals surface area contributed by atoms with Crippen molar-refractivity contribution >= 4 is 0 Å². The molecular weight excluding hydrogens is 491 g/mol. The van der Waals surface area contributed by atoms with E-state index >= 15 is 0 Å². The molecule has 1 fully saturated rings. The summed E-state index contributed by atoms with van der Waals surface area (Å²) in [4.78, 5) is 0. The third-order valence-corrected chi connectivity index (χ3v) is 6.32. The molecule has 1 saturated heterocycles. The molecular formula is C24H39F9O2. The molecule has 0 N–H and O–H groups in total. The van der Waals surface area contributed by atoms with Crippen LogP contribution >= 0.6 is 0 Å². The van der Waals surface area contributed by atoms with E-state index in [1.807, 2.05) is 0 Å². The lowest BCUT2D eigenvalue weighted by atomic mass is 9.97. The largest absolute Gasteiger partial charge is 0.460 e. The van der Waals surface area contributed by atoms with Crippen LogP contribution in [0.1, 0.15) is 103 Å². The van der Waals surface area contributed by atoms with Crippen LogP contribution in [-0.2, 0) is 9.47 Å². The third kappa shape index (κ3) is 11.1. The molecule has 0 radical (unpaired) electrons. The Bertz CT molecular complexity index is 548. The van der Waals surface area contributed by atoms with Crippen LogP contribution in [0.5, 0.6) is 0 Å². The predicted octanol–water partition coefficient (Wildman–Crippen LogP) is 9.11. The number of hydrogen-bond donors (Lipinski definition) is 0. The van der Waals surface area contributed by atoms with Gasteiger partial charge in [-0.3, -0.25) is 0 Å². The Balaban J connectivity index is 1.95. The van der Waals surface area contributed by atoms with Gasteiger partial charge in [-0.15, -0.1) is 0 Å². The summed E-state index contributed by atoms with van der Waals surface area (Å²) in [6.45, 7) is 2.24. The summed E-state index contributed by atoms with van der Waals surface area (Å²) in [6, 6.07) is 0. The first kappa shape index (κ1) is 32.3. The molecule has 0 aliphatic carbocycles. The number of ether oxygens (including phenoxy) is 2. The first-order chi connectivity index (χ1) is 16.3. The number of rotatable bonds is 19. The lowest BCUT2D eigenvalue weighted by Gasteiger charge is -2.33. The van der Waals surface area contributed by atoms with E-state index in [9.17, 15) is 39.5 Å². The topological polar surface area (TPSA) is 18.5 Å². The highest BCUT2D eigenvalue weighted by molar-refractivity contribution is 5.00. The van der Waals surface area contributed by atoms with Crippen LogP contribution in [0.3, 0.4) is 0 Å². The molecule has 0 aromatic rings. The molecule has 0 aromatic heterocycles. The zero-order chi connectivity index (χ0) is 26.4. The summed E-state index contributed by atoms with van der Waals surface area (Å²) in [5, 5.41) is 0. The third-order valence-electron chi connectivity index (χ3n) is 6.32. The zero-order valence-corrected chi connectivity index (χ0v) is 20.2. The van der Waals surface area contributed by atoms with E-state index in [1.54, 1.807) is 0 Å². The monoisotopic (exact) mass is 530 g/mol. The Morgan fingerprint density at radius 2 is 1.09 bits per heavy atom. The zero-order valence-electron chi connectivity index (χ0n) is 20.2. The fraction of sp³-hybridized carbons (Fsp3) is 1.00. The first-order valence-electron chi connectivity index (χ1n) is 12.7. The molecule has 0 bridgehead atoms. The Kier molecular flexibility index (Phi) is 14.3. The second-order valence-electron chi connectivity index (χ2n) is 9.41. The van der Waals surface area contributed by atoms with Gasteiger partial charge in [0.1, 0.15) is 0 Å². The Hall–Kier alpha value is -0.710. The van der Waals surface area contributed by atoms with Gasteiger partial charge in [-0.1, -0.05) is 64.2 Å². The Morgan fingerprint density at radius 3 is 1.54 bits per heavy atom. The van der Waals surface area contributed by atoms with Crippen molar-refractivity contribution in [2.24, 2.45) is 0 Å². The van der Waals surface area contributed by atoms with Gasteiger partial charge < -0.3 is 9.47 Å². The van der Waals surface area contributed by atoms with E-state index < -0.39 is 36.8 Å². The van der Waals surface area contributed by atoms with Gasteiger partial charge in [0, 0.05) is 19.6 Å². The molecule has 1 rings (SSSR count). The SMILES string of the molecule is FC(F)(F)C(F)(F)C(F)(F)C(F)(F)CCCCCCCCCCCCCCOCC1CCCCO1. The molecule has 1 unspecified atom stereocenters. The summed E-state index contributed by atoms with van der Waals surface area (Å²) >= 11 is 0. The average Bonchev–Trinajstić information content (AvgIpc) is 2.78. The maximum absolute atomic E-state index is 13.4. The first-order valence-corrected chi connectivity index (χ1v) is 12.7. The number of hydrogen-bond acceptors (Lipinski definition) is 2. The molecule has 0 aromatic carbocycles. The second-order valence-corrected chi connectivity index (χ2v) is 9.41. The number of unbranched alkanes of at least 4 members (excludes halogenated alkanes) is 11. The predicted molar refractivity (Wildman–Crippen MR) is 115 cm³/mol. The average molecular weight is 531 g/mol. The minimum atomic E-state index is -6.79. The summed E-state index contributed by atoms with van der Waals surface area (Å²) in [5.74, 6) is -18.7. The lowest BCUT2D eigenvalue weighted by molar-refractivity contribution is -0.396. The van der Waals surface area contributed by atoms with Crippen LogP contribution in [0.25, 0.3) is 0 Å². The minimum Gasteiger partial charge on any atom is -0.379 e. The van der Waals surface area contributed by atoms with Crippen molar-refractivity contribution in [3.63, 3.8) is 0 Å². The van der Waals surface area contributed by atoms with E-state index in [1.165, 1.54) is 6.42 Å². The molecule has 35 heavy (non-hydrogen) atoms. The quantitative estimate of drug-likeness (QED) is 0.122. The molecule has 1 heterocycles. The van der Waals surface area contributed by atoms with Crippen LogP contribution in [0, 0.1) is 0 Å². The highest BCUT2D eigenvalue weighted by atomic mass is 19.4. The second kappa shape index (κ2) is 15.5. The van der Waals surface area contributed by atoms with Crippen LogP contribution in [0.2, 0.25) is 0 Å². The fourth-order valence-electron chi connectivity index (χ4n) is 4.04. The molecule has 11 heteroatoms. The maximum atomic E-state index is 13.4. The molecule has 1 atom stereocenters. The van der Waals surface area contributed by atoms with Gasteiger partial charge in [0.05, 0.1) is 12.7 Å². The molecule has 210 valence electrons. The van der Waals surface area contributed by atoms with Crippen molar-refractivity contribution in [2.75, 3.05) is 19.8 Å². The van der Waals surface area contributed by atoms with E-state index in [-0.39, 0.29) is 12.5 Å². The van der Waals surface area contributed by atoms with Crippen LogP contribution in [0.15, 0.2) is 0 Å². The molecule has 1 aliphatic rings. The minimum absolute atomic E-state index is 0.0677. The summed E-state index contributed by atoms with van der Waals surface area (Å²) in [6.07, 6.45) is 4.01. The highest BCUT2D eigenvalue weighted by Crippen LogP contribution is 2.54. The number of halogens is 9. The van der Waals surface area contributed by atoms with Gasteiger partial charge in [-0.25, -0.2) is 0 Å². The molecule has 0 saturated carbocycles. The summed E-state index contributed by atoms with van der Waals surface area (Å²) < 4.78 is 126. The van der Waals surface area contributed by atoms with Crippen molar-refractivity contribution in [2.45, 2.75) is 133 Å². The van der Waals surface area contributed by atoms with Crippen LogP contribution in [-0.4, -0.2) is 49.9 Å². The Morgan fingerprint density at radius 1 is 0.600 bits per heavy atom. The van der Waals surface area contributed by atoms with Gasteiger partial charge >= 0.3 is 23.9 Å². The van der Waals surface area contributed by atoms with Crippen molar-refractivity contribution < 1.29 is 49.0 Å². The Labute approximate surface area is 202 Å². The van der Waals surface area contributed by atoms with E-state index in [2.05, 4.69) is 0 Å². The molecule has 0 spiro atoms. The smallest absolute Gasteiger partial charge is 0.379 e. The van der Waals surface area contributed by atoms with Gasteiger partial charge in [-0.2, -0.15) is 39.5 Å². The summed E-state index contributed by atoms with van der Waals surface area (Å²) in [5.41, 5.74) is 0. The normalized spacial score (nSPS) is 18.3. The lowest BCUT2D eigenvalue weighted by Crippen LogP contribution is -2.60. The van der Waals surface area contributed by atoms with Crippen molar-refractivity contribution in [3.8, 4) is 0 Å². The molecule has 1 aliphatic heterocycles. The van der Waals surface area contributed by atoms with Gasteiger partial charge in [0.15, 0.2) is 0 Å². The maximum Gasteiger partial charge on any atom is 0.460 e. The standard InChI is InChI=1S/C24H39F9O2/c25-21(26,22(27,28)23(29,30)24(31,32)33)16-12-9-7-5-3-1-2-4-6-8-10-13-17-34-19-20-15-11-14-18-35-20/h20H,1-19H2.